The monoisotopic (exact) mass is 444 g/mol. The van der Waals surface area contributed by atoms with Gasteiger partial charge in [-0.2, -0.15) is 0 Å². The van der Waals surface area contributed by atoms with Crippen molar-refractivity contribution in [2.24, 2.45) is 0 Å². The van der Waals surface area contributed by atoms with Crippen molar-refractivity contribution in [1.82, 2.24) is 0 Å². The number of thiophene rings is 1. The van der Waals surface area contributed by atoms with Crippen LogP contribution in [0, 0.1) is 0 Å². The van der Waals surface area contributed by atoms with Gasteiger partial charge in [-0.15, -0.1) is 11.3 Å². The zero-order chi connectivity index (χ0) is 17.4. The molecule has 0 aliphatic carbocycles. The molecule has 4 heteroatoms. The van der Waals surface area contributed by atoms with Gasteiger partial charge in [-0.25, -0.2) is 0 Å². The fraction of sp³-hybridized carbons (Fsp3) is 0.600. The summed E-state index contributed by atoms with van der Waals surface area (Å²) in [5.41, 5.74) is 2.98. The van der Waals surface area contributed by atoms with Crippen molar-refractivity contribution in [1.29, 1.82) is 0 Å². The Bertz CT molecular complexity index is 610. The second-order valence-corrected chi connectivity index (χ2v) is 11.2. The van der Waals surface area contributed by atoms with Crippen LogP contribution in [-0.2, 0) is 27.1 Å². The predicted octanol–water partition coefficient (Wildman–Crippen LogP) is 7.88. The van der Waals surface area contributed by atoms with Crippen molar-refractivity contribution < 1.29 is 0 Å². The van der Waals surface area contributed by atoms with Crippen molar-refractivity contribution in [2.45, 2.75) is 78.1 Å². The van der Waals surface area contributed by atoms with E-state index in [0.717, 1.165) is 0 Å². The van der Waals surface area contributed by atoms with Crippen molar-refractivity contribution in [3.63, 3.8) is 0 Å². The van der Waals surface area contributed by atoms with Crippen molar-refractivity contribution in [2.75, 3.05) is 0 Å². The third-order valence-corrected chi connectivity index (χ3v) is 9.77. The van der Waals surface area contributed by atoms with E-state index >= 15 is 0 Å². The Hall–Kier alpha value is 0.230. The fourth-order valence-corrected chi connectivity index (χ4v) is 7.09. The number of halogens is 1. The molecular formula is C20H29BrS3. The van der Waals surface area contributed by atoms with Gasteiger partial charge in [0.05, 0.1) is 3.81 Å². The molecule has 0 nitrogen and oxygen atoms in total. The van der Waals surface area contributed by atoms with Gasteiger partial charge in [0, 0.05) is 9.78 Å². The standard InChI is InChI=1S/C20H29BrS3/c1-3-5-7-9-11-16-13-18(23-15-16)20-17(12-10-8-6-4-2)14-19(21)24(20)22/h13-15H,3-12H2,1-2H3. The maximum Gasteiger partial charge on any atom is 0.0597 e. The van der Waals surface area contributed by atoms with E-state index < -0.39 is 0 Å². The van der Waals surface area contributed by atoms with Gasteiger partial charge in [0.2, 0.25) is 0 Å². The first-order valence-electron chi connectivity index (χ1n) is 9.27. The van der Waals surface area contributed by atoms with E-state index in [4.69, 9.17) is 11.2 Å². The van der Waals surface area contributed by atoms with E-state index in [-0.39, 0.29) is 9.45 Å². The Morgan fingerprint density at radius 2 is 1.67 bits per heavy atom. The summed E-state index contributed by atoms with van der Waals surface area (Å²) in [5, 5.41) is 2.35. The number of aryl methyl sites for hydroxylation is 1. The van der Waals surface area contributed by atoms with Gasteiger partial charge in [0.25, 0.3) is 0 Å². The van der Waals surface area contributed by atoms with Crippen LogP contribution in [-0.4, -0.2) is 0 Å². The van der Waals surface area contributed by atoms with Crippen LogP contribution >= 0.6 is 27.3 Å². The molecule has 0 bridgehead atoms. The highest BCUT2D eigenvalue weighted by atomic mass is 79.9. The van der Waals surface area contributed by atoms with Crippen molar-refractivity contribution >= 4 is 52.8 Å². The number of unbranched alkanes of at least 4 members (excludes halogenated alkanes) is 6. The third kappa shape index (κ3) is 5.89. The SMILES string of the molecule is CCCCCCC1=C(c2cc(CCCCCC)cs2)S(=S)C(Br)=C1. The van der Waals surface area contributed by atoms with E-state index in [0.29, 0.717) is 0 Å². The normalized spacial score (nSPS) is 17.6. The molecule has 134 valence electrons. The van der Waals surface area contributed by atoms with E-state index in [1.54, 1.807) is 0 Å². The average Bonchev–Trinajstić information content (AvgIpc) is 3.13. The molecule has 0 aromatic carbocycles. The van der Waals surface area contributed by atoms with Gasteiger partial charge >= 0.3 is 0 Å². The van der Waals surface area contributed by atoms with E-state index in [1.165, 1.54) is 88.9 Å². The molecule has 0 saturated carbocycles. The van der Waals surface area contributed by atoms with Crippen LogP contribution in [0.15, 0.2) is 26.9 Å². The molecule has 0 radical (unpaired) electrons. The molecule has 24 heavy (non-hydrogen) atoms. The van der Waals surface area contributed by atoms with Gasteiger partial charge in [-0.1, -0.05) is 52.4 Å². The molecule has 0 spiro atoms. The lowest BCUT2D eigenvalue weighted by molar-refractivity contribution is 0.667. The summed E-state index contributed by atoms with van der Waals surface area (Å²) >= 11 is 11.4. The van der Waals surface area contributed by atoms with Gasteiger partial charge in [0.1, 0.15) is 0 Å². The number of rotatable bonds is 11. The second-order valence-electron chi connectivity index (χ2n) is 6.51. The van der Waals surface area contributed by atoms with E-state index in [1.807, 2.05) is 11.3 Å². The molecule has 0 N–H and O–H groups in total. The van der Waals surface area contributed by atoms with Crippen molar-refractivity contribution in [3.8, 4) is 0 Å². The van der Waals surface area contributed by atoms with Crippen LogP contribution in [0.25, 0.3) is 4.91 Å². The van der Waals surface area contributed by atoms with E-state index in [9.17, 15) is 0 Å². The first-order chi connectivity index (χ1) is 11.7. The topological polar surface area (TPSA) is 0 Å². The van der Waals surface area contributed by atoms with Crippen molar-refractivity contribution in [3.05, 3.63) is 37.4 Å². The summed E-state index contributed by atoms with van der Waals surface area (Å²) in [6.45, 7) is 4.54. The number of hydrogen-bond donors (Lipinski definition) is 0. The Balaban J connectivity index is 2.03. The summed E-state index contributed by atoms with van der Waals surface area (Å²) in [5.74, 6) is 0. The number of hydrogen-bond acceptors (Lipinski definition) is 2. The third-order valence-electron chi connectivity index (χ3n) is 4.44. The minimum Gasteiger partial charge on any atom is -0.143 e. The van der Waals surface area contributed by atoms with Gasteiger partial charge in [0.15, 0.2) is 0 Å². The van der Waals surface area contributed by atoms with Crippen LogP contribution in [0.3, 0.4) is 0 Å². The highest BCUT2D eigenvalue weighted by Gasteiger charge is 2.22. The molecule has 0 saturated heterocycles. The molecule has 0 amide bonds. The largest absolute Gasteiger partial charge is 0.143 e. The first kappa shape index (κ1) is 20.5. The smallest absolute Gasteiger partial charge is 0.0597 e. The number of allylic oxidation sites excluding steroid dienone is 2. The quantitative estimate of drug-likeness (QED) is 0.312. The van der Waals surface area contributed by atoms with Gasteiger partial charge < -0.3 is 0 Å². The lowest BCUT2D eigenvalue weighted by Crippen LogP contribution is -1.90. The Kier molecular flexibility index (Phi) is 9.46. The molecule has 1 atom stereocenters. The molecule has 1 aromatic rings. The first-order valence-corrected chi connectivity index (χ1v) is 13.1. The summed E-state index contributed by atoms with van der Waals surface area (Å²) in [6, 6.07) is 2.41. The van der Waals surface area contributed by atoms with Crippen LogP contribution in [0.1, 0.15) is 82.1 Å². The maximum atomic E-state index is 5.80. The van der Waals surface area contributed by atoms with E-state index in [2.05, 4.69) is 47.3 Å². The Labute approximate surface area is 167 Å². The molecular weight excluding hydrogens is 416 g/mol. The van der Waals surface area contributed by atoms with Crippen LogP contribution in [0.4, 0.5) is 0 Å². The minimum absolute atomic E-state index is 0.188. The maximum absolute atomic E-state index is 5.80. The Morgan fingerprint density at radius 3 is 2.33 bits per heavy atom. The lowest BCUT2D eigenvalue weighted by Gasteiger charge is -2.06. The summed E-state index contributed by atoms with van der Waals surface area (Å²) in [7, 11) is -0.188. The van der Waals surface area contributed by atoms with Crippen LogP contribution in [0.5, 0.6) is 0 Å². The van der Waals surface area contributed by atoms with Gasteiger partial charge in [-0.3, -0.25) is 0 Å². The zero-order valence-corrected chi connectivity index (χ0v) is 18.9. The summed E-state index contributed by atoms with van der Waals surface area (Å²) in [6.07, 6.45) is 15.3. The highest BCUT2D eigenvalue weighted by Crippen LogP contribution is 2.41. The lowest BCUT2D eigenvalue weighted by atomic mass is 10.1. The summed E-state index contributed by atoms with van der Waals surface area (Å²) in [4.78, 5) is 2.84. The fourth-order valence-electron chi connectivity index (χ4n) is 3.03. The molecule has 1 aliphatic heterocycles. The van der Waals surface area contributed by atoms with Crippen LogP contribution in [0.2, 0.25) is 0 Å². The molecule has 2 rings (SSSR count). The molecule has 2 heterocycles. The van der Waals surface area contributed by atoms with Gasteiger partial charge in [-0.05, 0) is 90.9 Å². The van der Waals surface area contributed by atoms with Crippen LogP contribution < -0.4 is 0 Å². The minimum atomic E-state index is -0.188. The second kappa shape index (κ2) is 11.1. The highest BCUT2D eigenvalue weighted by molar-refractivity contribution is 9.14. The molecule has 1 unspecified atom stereocenters. The Morgan fingerprint density at radius 1 is 1.00 bits per heavy atom. The average molecular weight is 446 g/mol. The molecule has 1 aromatic heterocycles. The molecule has 1 aliphatic rings. The molecule has 0 fully saturated rings. The predicted molar refractivity (Wildman–Crippen MR) is 120 cm³/mol. The summed E-state index contributed by atoms with van der Waals surface area (Å²) < 4.78 is 1.20. The zero-order valence-electron chi connectivity index (χ0n) is 14.9.